The molecule has 0 saturated carbocycles. The van der Waals surface area contributed by atoms with Crippen LogP contribution in [0.15, 0.2) is 47.6 Å². The molecule has 20 heavy (non-hydrogen) atoms. The fraction of sp³-hybridized carbons (Fsp3) is 0.125. The van der Waals surface area contributed by atoms with Gasteiger partial charge in [-0.25, -0.2) is 4.98 Å². The highest BCUT2D eigenvalue weighted by Gasteiger charge is 2.06. The predicted molar refractivity (Wildman–Crippen MR) is 81.5 cm³/mol. The Balaban J connectivity index is 1.82. The van der Waals surface area contributed by atoms with Crippen LogP contribution in [0.25, 0.3) is 11.0 Å². The van der Waals surface area contributed by atoms with Gasteiger partial charge in [0.25, 0.3) is 0 Å². The molecule has 0 aliphatic heterocycles. The molecule has 0 radical (unpaired) electrons. The average Bonchev–Trinajstić information content (AvgIpc) is 2.87. The molecule has 1 heterocycles. The molecule has 0 aliphatic rings. The molecule has 0 aliphatic carbocycles. The lowest BCUT2D eigenvalue weighted by molar-refractivity contribution is 1.08. The van der Waals surface area contributed by atoms with Crippen molar-refractivity contribution in [1.29, 1.82) is 5.26 Å². The Bertz CT molecular complexity index is 799. The van der Waals surface area contributed by atoms with Crippen LogP contribution in [0, 0.1) is 18.3 Å². The highest BCUT2D eigenvalue weighted by molar-refractivity contribution is 7.98. The van der Waals surface area contributed by atoms with Crippen molar-refractivity contribution in [2.45, 2.75) is 17.8 Å². The smallest absolute Gasteiger partial charge is 0.166 e. The molecule has 0 amide bonds. The van der Waals surface area contributed by atoms with Crippen LogP contribution in [0.2, 0.25) is 0 Å². The number of rotatable bonds is 3. The summed E-state index contributed by atoms with van der Waals surface area (Å²) in [6.45, 7) is 2.07. The first-order valence-corrected chi connectivity index (χ1v) is 7.32. The van der Waals surface area contributed by atoms with Crippen LogP contribution in [-0.2, 0) is 5.75 Å². The summed E-state index contributed by atoms with van der Waals surface area (Å²) in [5.41, 5.74) is 5.02. The van der Waals surface area contributed by atoms with E-state index in [4.69, 9.17) is 5.26 Å². The van der Waals surface area contributed by atoms with Crippen LogP contribution in [0.4, 0.5) is 0 Å². The number of benzene rings is 2. The summed E-state index contributed by atoms with van der Waals surface area (Å²) < 4.78 is 0. The van der Waals surface area contributed by atoms with E-state index in [1.165, 1.54) is 5.56 Å². The Kier molecular flexibility index (Phi) is 3.44. The third-order valence-corrected chi connectivity index (χ3v) is 4.04. The number of nitrogens with one attached hydrogen (secondary N) is 1. The van der Waals surface area contributed by atoms with Gasteiger partial charge in [-0.2, -0.15) is 5.26 Å². The molecular weight excluding hydrogens is 266 g/mol. The van der Waals surface area contributed by atoms with Crippen molar-refractivity contribution in [3.63, 3.8) is 0 Å². The normalized spacial score (nSPS) is 10.6. The molecule has 0 fully saturated rings. The molecule has 98 valence electrons. The Morgan fingerprint density at radius 2 is 2.10 bits per heavy atom. The van der Waals surface area contributed by atoms with Crippen molar-refractivity contribution < 1.29 is 0 Å². The van der Waals surface area contributed by atoms with Gasteiger partial charge >= 0.3 is 0 Å². The first-order chi connectivity index (χ1) is 9.76. The summed E-state index contributed by atoms with van der Waals surface area (Å²) in [6.07, 6.45) is 0. The monoisotopic (exact) mass is 279 g/mol. The van der Waals surface area contributed by atoms with Crippen LogP contribution in [0.5, 0.6) is 0 Å². The summed E-state index contributed by atoms with van der Waals surface area (Å²) in [5.74, 6) is 0.739. The SMILES string of the molecule is Cc1ccc2nc(SCc3ccccc3C#N)[nH]c2c1. The maximum absolute atomic E-state index is 9.08. The molecule has 0 atom stereocenters. The van der Waals surface area contributed by atoms with Crippen molar-refractivity contribution in [3.05, 3.63) is 59.2 Å². The minimum Gasteiger partial charge on any atom is -0.333 e. The van der Waals surface area contributed by atoms with Gasteiger partial charge in [0, 0.05) is 5.75 Å². The number of fused-ring (bicyclic) bond motifs is 1. The second-order valence-corrected chi connectivity index (χ2v) is 5.58. The zero-order valence-electron chi connectivity index (χ0n) is 11.1. The fourth-order valence-electron chi connectivity index (χ4n) is 2.07. The molecule has 4 heteroatoms. The van der Waals surface area contributed by atoms with E-state index in [0.717, 1.165) is 33.1 Å². The molecule has 1 N–H and O–H groups in total. The molecule has 3 aromatic rings. The number of H-pyrrole nitrogens is 1. The Morgan fingerprint density at radius 3 is 2.95 bits per heavy atom. The summed E-state index contributed by atoms with van der Waals surface area (Å²) in [4.78, 5) is 7.86. The van der Waals surface area contributed by atoms with Gasteiger partial charge in [0.05, 0.1) is 22.7 Å². The zero-order valence-corrected chi connectivity index (χ0v) is 11.9. The Morgan fingerprint density at radius 1 is 1.25 bits per heavy atom. The van der Waals surface area contributed by atoms with Crippen LogP contribution in [-0.4, -0.2) is 9.97 Å². The maximum atomic E-state index is 9.08. The number of nitrogens with zero attached hydrogens (tertiary/aromatic N) is 2. The molecule has 0 spiro atoms. The number of aromatic nitrogens is 2. The summed E-state index contributed by atoms with van der Waals surface area (Å²) >= 11 is 1.62. The number of nitriles is 1. The van der Waals surface area contributed by atoms with Crippen LogP contribution in [0.1, 0.15) is 16.7 Å². The van der Waals surface area contributed by atoms with Gasteiger partial charge in [0.2, 0.25) is 0 Å². The van der Waals surface area contributed by atoms with Crippen LogP contribution in [0.3, 0.4) is 0 Å². The number of imidazole rings is 1. The molecule has 0 bridgehead atoms. The van der Waals surface area contributed by atoms with Crippen molar-refractivity contribution in [3.8, 4) is 6.07 Å². The van der Waals surface area contributed by atoms with Crippen molar-refractivity contribution in [1.82, 2.24) is 9.97 Å². The highest BCUT2D eigenvalue weighted by atomic mass is 32.2. The number of hydrogen-bond acceptors (Lipinski definition) is 3. The van der Waals surface area contributed by atoms with E-state index >= 15 is 0 Å². The highest BCUT2D eigenvalue weighted by Crippen LogP contribution is 2.24. The quantitative estimate of drug-likeness (QED) is 0.736. The molecule has 1 aromatic heterocycles. The first kappa shape index (κ1) is 12.8. The van der Waals surface area contributed by atoms with E-state index < -0.39 is 0 Å². The Labute approximate surface area is 121 Å². The van der Waals surface area contributed by atoms with Gasteiger partial charge < -0.3 is 4.98 Å². The molecule has 0 unspecified atom stereocenters. The molecule has 0 saturated heterocycles. The molecule has 3 nitrogen and oxygen atoms in total. The van der Waals surface area contributed by atoms with E-state index in [0.29, 0.717) is 0 Å². The van der Waals surface area contributed by atoms with E-state index in [-0.39, 0.29) is 0 Å². The lowest BCUT2D eigenvalue weighted by Gasteiger charge is -2.01. The van der Waals surface area contributed by atoms with Gasteiger partial charge in [0.15, 0.2) is 5.16 Å². The second-order valence-electron chi connectivity index (χ2n) is 4.62. The Hall–Kier alpha value is -2.25. The van der Waals surface area contributed by atoms with Crippen LogP contribution < -0.4 is 0 Å². The molecule has 2 aromatic carbocycles. The van der Waals surface area contributed by atoms with Gasteiger partial charge in [0.1, 0.15) is 0 Å². The van der Waals surface area contributed by atoms with Crippen molar-refractivity contribution in [2.75, 3.05) is 0 Å². The summed E-state index contributed by atoms with van der Waals surface area (Å²) in [5, 5.41) is 9.97. The van der Waals surface area contributed by atoms with Gasteiger partial charge in [-0.3, -0.25) is 0 Å². The van der Waals surface area contributed by atoms with Crippen LogP contribution >= 0.6 is 11.8 Å². The van der Waals surface area contributed by atoms with E-state index in [9.17, 15) is 0 Å². The topological polar surface area (TPSA) is 52.5 Å². The maximum Gasteiger partial charge on any atom is 0.166 e. The lowest BCUT2D eigenvalue weighted by Crippen LogP contribution is -1.87. The van der Waals surface area contributed by atoms with E-state index in [1.54, 1.807) is 11.8 Å². The number of aromatic amines is 1. The van der Waals surface area contributed by atoms with Gasteiger partial charge in [-0.05, 0) is 36.2 Å². The minimum absolute atomic E-state index is 0.729. The second kappa shape index (κ2) is 5.40. The number of aryl methyl sites for hydroxylation is 1. The molecular formula is C16H13N3S. The summed E-state index contributed by atoms with van der Waals surface area (Å²) in [7, 11) is 0. The average molecular weight is 279 g/mol. The largest absolute Gasteiger partial charge is 0.333 e. The standard InChI is InChI=1S/C16H13N3S/c1-11-6-7-14-15(8-11)19-16(18-14)20-10-13-5-3-2-4-12(13)9-17/h2-8H,10H2,1H3,(H,18,19). The first-order valence-electron chi connectivity index (χ1n) is 6.33. The zero-order chi connectivity index (χ0) is 13.9. The third-order valence-electron chi connectivity index (χ3n) is 3.12. The van der Waals surface area contributed by atoms with E-state index in [1.807, 2.05) is 30.3 Å². The fourth-order valence-corrected chi connectivity index (χ4v) is 2.96. The number of thioether (sulfide) groups is 1. The van der Waals surface area contributed by atoms with Gasteiger partial charge in [-0.15, -0.1) is 0 Å². The van der Waals surface area contributed by atoms with E-state index in [2.05, 4.69) is 35.1 Å². The van der Waals surface area contributed by atoms with Gasteiger partial charge in [-0.1, -0.05) is 36.0 Å². The number of hydrogen-bond donors (Lipinski definition) is 1. The minimum atomic E-state index is 0.729. The lowest BCUT2D eigenvalue weighted by atomic mass is 10.1. The molecule has 3 rings (SSSR count). The van der Waals surface area contributed by atoms with Crippen molar-refractivity contribution >= 4 is 22.8 Å². The summed E-state index contributed by atoms with van der Waals surface area (Å²) in [6, 6.07) is 16.1. The predicted octanol–water partition coefficient (Wildman–Crippen LogP) is 4.04. The third kappa shape index (κ3) is 2.54. The van der Waals surface area contributed by atoms with Crippen molar-refractivity contribution in [2.24, 2.45) is 0 Å².